The first-order chi connectivity index (χ1) is 10.1. The molecule has 1 aliphatic rings. The number of amides is 1. The van der Waals surface area contributed by atoms with Crippen LogP contribution in [0.2, 0.25) is 0 Å². The van der Waals surface area contributed by atoms with Gasteiger partial charge in [-0.3, -0.25) is 4.79 Å². The van der Waals surface area contributed by atoms with E-state index in [2.05, 4.69) is 11.4 Å². The largest absolute Gasteiger partial charge is 0.478 e. The Bertz CT molecular complexity index is 692. The summed E-state index contributed by atoms with van der Waals surface area (Å²) < 4.78 is 0. The Labute approximate surface area is 126 Å². The Balaban J connectivity index is 1.70. The van der Waals surface area contributed by atoms with Crippen molar-refractivity contribution in [1.29, 1.82) is 0 Å². The predicted molar refractivity (Wildman–Crippen MR) is 80.5 cm³/mol. The lowest BCUT2D eigenvalue weighted by molar-refractivity contribution is -0.131. The average molecular weight is 301 g/mol. The molecule has 1 aliphatic heterocycles. The number of thiophene rings is 1. The molecule has 1 amide bonds. The monoisotopic (exact) mass is 301 g/mol. The van der Waals surface area contributed by atoms with E-state index >= 15 is 0 Å². The topological polar surface area (TPSA) is 57.6 Å². The van der Waals surface area contributed by atoms with Gasteiger partial charge in [-0.15, -0.1) is 11.3 Å². The second kappa shape index (κ2) is 5.69. The van der Waals surface area contributed by atoms with E-state index in [9.17, 15) is 9.59 Å². The highest BCUT2D eigenvalue weighted by Gasteiger charge is 2.21. The van der Waals surface area contributed by atoms with E-state index in [1.54, 1.807) is 29.5 Å². The maximum absolute atomic E-state index is 12.4. The molecule has 0 atom stereocenters. The zero-order chi connectivity index (χ0) is 14.8. The molecule has 5 heteroatoms. The Morgan fingerprint density at radius 2 is 2.14 bits per heavy atom. The van der Waals surface area contributed by atoms with Crippen LogP contribution in [0.25, 0.3) is 0 Å². The third-order valence-electron chi connectivity index (χ3n) is 3.69. The van der Waals surface area contributed by atoms with Gasteiger partial charge < -0.3 is 10.0 Å². The normalized spacial score (nSPS) is 13.8. The van der Waals surface area contributed by atoms with Crippen LogP contribution in [0.1, 0.15) is 26.4 Å². The van der Waals surface area contributed by atoms with Gasteiger partial charge in [0.15, 0.2) is 0 Å². The van der Waals surface area contributed by atoms with Crippen molar-refractivity contribution in [2.45, 2.75) is 19.4 Å². The van der Waals surface area contributed by atoms with Gasteiger partial charge in [-0.25, -0.2) is 4.79 Å². The summed E-state index contributed by atoms with van der Waals surface area (Å²) in [6.07, 6.45) is 1.16. The number of hydrogen-bond donors (Lipinski definition) is 1. The molecule has 0 radical (unpaired) electrons. The molecule has 21 heavy (non-hydrogen) atoms. The molecule has 0 spiro atoms. The van der Waals surface area contributed by atoms with E-state index in [0.29, 0.717) is 6.54 Å². The van der Waals surface area contributed by atoms with E-state index in [1.807, 2.05) is 4.90 Å². The maximum atomic E-state index is 12.4. The fraction of sp³-hybridized carbons (Fsp3) is 0.250. The highest BCUT2D eigenvalue weighted by Crippen LogP contribution is 2.24. The summed E-state index contributed by atoms with van der Waals surface area (Å²) in [5.41, 5.74) is 2.20. The molecule has 4 nitrogen and oxygen atoms in total. The van der Waals surface area contributed by atoms with Crippen LogP contribution in [0.4, 0.5) is 0 Å². The van der Waals surface area contributed by atoms with Crippen LogP contribution in [0, 0.1) is 0 Å². The third kappa shape index (κ3) is 2.97. The first-order valence-electron chi connectivity index (χ1n) is 6.79. The minimum absolute atomic E-state index is 0.0504. The lowest BCUT2D eigenvalue weighted by Gasteiger charge is -2.27. The third-order valence-corrected chi connectivity index (χ3v) is 4.71. The summed E-state index contributed by atoms with van der Waals surface area (Å²) >= 11 is 1.75. The van der Waals surface area contributed by atoms with Crippen LogP contribution < -0.4 is 0 Å². The number of rotatable bonds is 3. The molecule has 1 aromatic carbocycles. The van der Waals surface area contributed by atoms with E-state index in [4.69, 9.17) is 5.11 Å². The molecule has 0 saturated heterocycles. The standard InChI is InChI=1S/C16H15NO3S/c18-15(9-11-2-1-3-12(8-11)16(19)20)17-6-4-14-13(10-17)5-7-21-14/h1-3,5,7-8H,4,6,9-10H2,(H,19,20). The molecule has 1 N–H and O–H groups in total. The number of aromatic carboxylic acids is 1. The molecule has 3 rings (SSSR count). The molecular weight excluding hydrogens is 286 g/mol. The van der Waals surface area contributed by atoms with E-state index in [-0.39, 0.29) is 17.9 Å². The first-order valence-corrected chi connectivity index (χ1v) is 7.66. The first kappa shape index (κ1) is 13.8. The smallest absolute Gasteiger partial charge is 0.335 e. The van der Waals surface area contributed by atoms with Crippen molar-refractivity contribution in [3.05, 3.63) is 57.3 Å². The van der Waals surface area contributed by atoms with Crippen molar-refractivity contribution in [3.8, 4) is 0 Å². The number of hydrogen-bond acceptors (Lipinski definition) is 3. The van der Waals surface area contributed by atoms with E-state index in [1.165, 1.54) is 16.5 Å². The number of nitrogens with zero attached hydrogens (tertiary/aromatic N) is 1. The number of carbonyl (C=O) groups is 2. The second-order valence-corrected chi connectivity index (χ2v) is 6.12. The number of carbonyl (C=O) groups excluding carboxylic acids is 1. The summed E-state index contributed by atoms with van der Waals surface area (Å²) in [4.78, 5) is 26.5. The van der Waals surface area contributed by atoms with Crippen LogP contribution in [-0.2, 0) is 24.2 Å². The van der Waals surface area contributed by atoms with Crippen molar-refractivity contribution in [1.82, 2.24) is 4.90 Å². The number of carboxylic acid groups (broad SMARTS) is 1. The van der Waals surface area contributed by atoms with E-state index in [0.717, 1.165) is 18.5 Å². The molecule has 0 saturated carbocycles. The Hall–Kier alpha value is -2.14. The summed E-state index contributed by atoms with van der Waals surface area (Å²) in [5, 5.41) is 11.0. The summed E-state index contributed by atoms with van der Waals surface area (Å²) in [6, 6.07) is 8.66. The lowest BCUT2D eigenvalue weighted by Crippen LogP contribution is -2.36. The molecule has 0 fully saturated rings. The Kier molecular flexibility index (Phi) is 3.75. The lowest BCUT2D eigenvalue weighted by atomic mass is 10.1. The zero-order valence-electron chi connectivity index (χ0n) is 11.4. The fourth-order valence-electron chi connectivity index (χ4n) is 2.56. The summed E-state index contributed by atoms with van der Waals surface area (Å²) in [5.74, 6) is -0.917. The minimum Gasteiger partial charge on any atom is -0.478 e. The number of benzene rings is 1. The second-order valence-electron chi connectivity index (χ2n) is 5.12. The predicted octanol–water partition coefficient (Wildman–Crippen LogP) is 2.57. The minimum atomic E-state index is -0.967. The van der Waals surface area contributed by atoms with Crippen LogP contribution in [0.15, 0.2) is 35.7 Å². The SMILES string of the molecule is O=C(O)c1cccc(CC(=O)N2CCc3sccc3C2)c1. The van der Waals surface area contributed by atoms with Crippen molar-refractivity contribution in [2.75, 3.05) is 6.54 Å². The van der Waals surface area contributed by atoms with Gasteiger partial charge in [0.1, 0.15) is 0 Å². The van der Waals surface area contributed by atoms with Crippen LogP contribution in [0.3, 0.4) is 0 Å². The van der Waals surface area contributed by atoms with Gasteiger partial charge in [-0.1, -0.05) is 12.1 Å². The van der Waals surface area contributed by atoms with Gasteiger partial charge in [0.25, 0.3) is 0 Å². The van der Waals surface area contributed by atoms with Gasteiger partial charge in [0.05, 0.1) is 12.0 Å². The van der Waals surface area contributed by atoms with Gasteiger partial charge in [-0.2, -0.15) is 0 Å². The maximum Gasteiger partial charge on any atom is 0.335 e. The van der Waals surface area contributed by atoms with E-state index < -0.39 is 5.97 Å². The number of carboxylic acids is 1. The summed E-state index contributed by atoms with van der Waals surface area (Å²) in [6.45, 7) is 1.40. The van der Waals surface area contributed by atoms with Crippen LogP contribution in [-0.4, -0.2) is 28.4 Å². The summed E-state index contributed by atoms with van der Waals surface area (Å²) in [7, 11) is 0. The molecular formula is C16H15NO3S. The quantitative estimate of drug-likeness (QED) is 0.948. The zero-order valence-corrected chi connectivity index (χ0v) is 12.2. The Morgan fingerprint density at radius 1 is 1.29 bits per heavy atom. The van der Waals surface area contributed by atoms with Gasteiger partial charge in [-0.05, 0) is 41.1 Å². The molecule has 108 valence electrons. The highest BCUT2D eigenvalue weighted by atomic mass is 32.1. The van der Waals surface area contributed by atoms with Crippen molar-refractivity contribution in [2.24, 2.45) is 0 Å². The molecule has 2 heterocycles. The van der Waals surface area contributed by atoms with Gasteiger partial charge >= 0.3 is 5.97 Å². The van der Waals surface area contributed by atoms with Gasteiger partial charge in [0.2, 0.25) is 5.91 Å². The van der Waals surface area contributed by atoms with Crippen LogP contribution >= 0.6 is 11.3 Å². The fourth-order valence-corrected chi connectivity index (χ4v) is 3.45. The molecule has 0 bridgehead atoms. The highest BCUT2D eigenvalue weighted by molar-refractivity contribution is 7.10. The van der Waals surface area contributed by atoms with Crippen LogP contribution in [0.5, 0.6) is 0 Å². The molecule has 0 aliphatic carbocycles. The van der Waals surface area contributed by atoms with Crippen molar-refractivity contribution in [3.63, 3.8) is 0 Å². The Morgan fingerprint density at radius 3 is 2.95 bits per heavy atom. The molecule has 2 aromatic rings. The van der Waals surface area contributed by atoms with Crippen molar-refractivity contribution < 1.29 is 14.7 Å². The van der Waals surface area contributed by atoms with Gasteiger partial charge in [0, 0.05) is 18.0 Å². The molecule has 0 unspecified atom stereocenters. The molecule has 1 aromatic heterocycles. The van der Waals surface area contributed by atoms with Crippen molar-refractivity contribution >= 4 is 23.2 Å². The number of fused-ring (bicyclic) bond motifs is 1. The average Bonchev–Trinajstić information content (AvgIpc) is 2.94.